The Hall–Kier alpha value is -5.36. The van der Waals surface area contributed by atoms with E-state index in [1.165, 1.54) is 30.4 Å². The van der Waals surface area contributed by atoms with Crippen LogP contribution in [0.2, 0.25) is 0 Å². The van der Waals surface area contributed by atoms with E-state index in [1.807, 2.05) is 47.3 Å². The Labute approximate surface area is 269 Å². The number of unbranched alkanes of at least 4 members (excludes halogenated alkanes) is 2. The molecule has 3 heterocycles. The fourth-order valence-electron chi connectivity index (χ4n) is 6.47. The molecule has 230 valence electrons. The summed E-state index contributed by atoms with van der Waals surface area (Å²) < 4.78 is 16.4. The number of aromatic nitrogens is 4. The van der Waals surface area contributed by atoms with Gasteiger partial charge in [-0.2, -0.15) is 5.10 Å². The number of pyridine rings is 1. The molecule has 0 aliphatic carbocycles. The predicted octanol–water partition coefficient (Wildman–Crippen LogP) is 10.2. The lowest BCUT2D eigenvalue weighted by atomic mass is 10.0. The number of benzene rings is 4. The Morgan fingerprint density at radius 2 is 1.54 bits per heavy atom. The molecule has 0 fully saturated rings. The quantitative estimate of drug-likeness (QED) is 0.145. The van der Waals surface area contributed by atoms with Crippen LogP contribution in [0.4, 0.5) is 0 Å². The number of rotatable bonds is 10. The number of fused-ring (bicyclic) bond motifs is 3. The van der Waals surface area contributed by atoms with Crippen LogP contribution in [0.15, 0.2) is 109 Å². The van der Waals surface area contributed by atoms with E-state index in [4.69, 9.17) is 19.6 Å². The van der Waals surface area contributed by atoms with E-state index in [2.05, 4.69) is 92.1 Å². The van der Waals surface area contributed by atoms with Crippen molar-refractivity contribution in [3.05, 3.63) is 126 Å². The zero-order valence-corrected chi connectivity index (χ0v) is 26.8. The second-order valence-corrected chi connectivity index (χ2v) is 11.8. The van der Waals surface area contributed by atoms with Gasteiger partial charge in [-0.1, -0.05) is 56.2 Å². The minimum Gasteiger partial charge on any atom is -0.497 e. The van der Waals surface area contributed by atoms with Gasteiger partial charge in [0.15, 0.2) is 0 Å². The first-order valence-electron chi connectivity index (χ1n) is 16.0. The summed E-state index contributed by atoms with van der Waals surface area (Å²) in [5.74, 6) is 3.21. The SMILES string of the molecule is CCCCCc1ccnc(-n2c3ccc(OC)cc3c3ccc(Oc4cccc(-n5nc(C)c(-c6ccccc6)c5C)c4)cc32)c1. The molecular formula is C40H38N4O2. The van der Waals surface area contributed by atoms with Crippen molar-refractivity contribution in [3.8, 4) is 39.9 Å². The third-order valence-electron chi connectivity index (χ3n) is 8.70. The summed E-state index contributed by atoms with van der Waals surface area (Å²) in [6.45, 7) is 6.41. The lowest BCUT2D eigenvalue weighted by molar-refractivity contribution is 0.415. The summed E-state index contributed by atoms with van der Waals surface area (Å²) >= 11 is 0. The summed E-state index contributed by atoms with van der Waals surface area (Å²) in [6, 6.07) is 35.4. The van der Waals surface area contributed by atoms with Crippen molar-refractivity contribution >= 4 is 21.8 Å². The van der Waals surface area contributed by atoms with Crippen LogP contribution in [0.5, 0.6) is 17.2 Å². The Balaban J connectivity index is 1.27. The molecule has 0 aliphatic heterocycles. The van der Waals surface area contributed by atoms with E-state index in [-0.39, 0.29) is 0 Å². The first kappa shape index (κ1) is 29.4. The van der Waals surface area contributed by atoms with Crippen LogP contribution < -0.4 is 9.47 Å². The number of methoxy groups -OCH3 is 1. The van der Waals surface area contributed by atoms with Gasteiger partial charge in [0.05, 0.1) is 29.5 Å². The molecule has 0 unspecified atom stereocenters. The highest BCUT2D eigenvalue weighted by Crippen LogP contribution is 2.37. The van der Waals surface area contributed by atoms with E-state index >= 15 is 0 Å². The standard InChI is InChI=1S/C40H38N4O2/c1-5-6-8-12-29-21-22-41-39(23-29)43-37-20-18-32(45-4)25-36(37)35-19-17-34(26-38(35)43)46-33-16-11-15-31(24-33)44-28(3)40(27(2)42-44)30-13-9-7-10-14-30/h7,9-11,13-26H,5-6,8,12H2,1-4H3. The highest BCUT2D eigenvalue weighted by molar-refractivity contribution is 6.10. The zero-order chi connectivity index (χ0) is 31.6. The zero-order valence-electron chi connectivity index (χ0n) is 26.8. The maximum Gasteiger partial charge on any atom is 0.137 e. The molecule has 6 nitrogen and oxygen atoms in total. The number of ether oxygens (including phenoxy) is 2. The molecule has 6 heteroatoms. The minimum absolute atomic E-state index is 0.742. The molecule has 0 amide bonds. The predicted molar refractivity (Wildman–Crippen MR) is 187 cm³/mol. The molecule has 4 aromatic carbocycles. The van der Waals surface area contributed by atoms with Crippen molar-refractivity contribution in [2.45, 2.75) is 46.5 Å². The van der Waals surface area contributed by atoms with Gasteiger partial charge in [-0.15, -0.1) is 0 Å². The molecule has 0 spiro atoms. The Bertz CT molecular complexity index is 2160. The first-order chi connectivity index (χ1) is 22.5. The third kappa shape index (κ3) is 5.51. The van der Waals surface area contributed by atoms with Crippen LogP contribution in [0.1, 0.15) is 43.1 Å². The van der Waals surface area contributed by atoms with E-state index in [9.17, 15) is 0 Å². The van der Waals surface area contributed by atoms with Crippen LogP contribution in [0, 0.1) is 13.8 Å². The molecule has 0 radical (unpaired) electrons. The van der Waals surface area contributed by atoms with E-state index in [1.54, 1.807) is 7.11 Å². The van der Waals surface area contributed by atoms with E-state index < -0.39 is 0 Å². The van der Waals surface area contributed by atoms with Crippen molar-refractivity contribution < 1.29 is 9.47 Å². The number of nitrogens with zero attached hydrogens (tertiary/aromatic N) is 4. The Morgan fingerprint density at radius 1 is 0.717 bits per heavy atom. The monoisotopic (exact) mass is 606 g/mol. The van der Waals surface area contributed by atoms with Gasteiger partial charge in [-0.3, -0.25) is 4.57 Å². The Morgan fingerprint density at radius 3 is 2.37 bits per heavy atom. The van der Waals surface area contributed by atoms with Gasteiger partial charge >= 0.3 is 0 Å². The largest absolute Gasteiger partial charge is 0.497 e. The molecule has 3 aromatic heterocycles. The molecule has 46 heavy (non-hydrogen) atoms. The molecule has 7 rings (SSSR count). The van der Waals surface area contributed by atoms with Crippen molar-refractivity contribution in [1.82, 2.24) is 19.3 Å². The second-order valence-electron chi connectivity index (χ2n) is 11.8. The lowest BCUT2D eigenvalue weighted by Gasteiger charge is -2.11. The highest BCUT2D eigenvalue weighted by Gasteiger charge is 2.17. The third-order valence-corrected chi connectivity index (χ3v) is 8.70. The minimum atomic E-state index is 0.742. The maximum atomic E-state index is 6.53. The van der Waals surface area contributed by atoms with Gasteiger partial charge in [0, 0.05) is 40.4 Å². The summed E-state index contributed by atoms with van der Waals surface area (Å²) in [6.07, 6.45) is 6.57. The van der Waals surface area contributed by atoms with E-state index in [0.717, 1.165) is 73.9 Å². The molecule has 0 saturated carbocycles. The molecular weight excluding hydrogens is 568 g/mol. The van der Waals surface area contributed by atoms with Crippen LogP contribution in [0.3, 0.4) is 0 Å². The lowest BCUT2D eigenvalue weighted by Crippen LogP contribution is -2.00. The van der Waals surface area contributed by atoms with Gasteiger partial charge in [-0.25, -0.2) is 9.67 Å². The van der Waals surface area contributed by atoms with E-state index in [0.29, 0.717) is 0 Å². The van der Waals surface area contributed by atoms with Crippen molar-refractivity contribution in [2.75, 3.05) is 7.11 Å². The van der Waals surface area contributed by atoms with Gasteiger partial charge in [0.25, 0.3) is 0 Å². The number of aryl methyl sites for hydroxylation is 2. The summed E-state index contributed by atoms with van der Waals surface area (Å²) in [4.78, 5) is 4.83. The average Bonchev–Trinajstić information content (AvgIpc) is 3.57. The van der Waals surface area contributed by atoms with Gasteiger partial charge in [0.1, 0.15) is 23.1 Å². The summed E-state index contributed by atoms with van der Waals surface area (Å²) in [5.41, 5.74) is 8.76. The molecule has 0 aliphatic rings. The van der Waals surface area contributed by atoms with Crippen molar-refractivity contribution in [1.29, 1.82) is 0 Å². The first-order valence-corrected chi connectivity index (χ1v) is 16.0. The average molecular weight is 607 g/mol. The van der Waals surface area contributed by atoms with Crippen molar-refractivity contribution in [2.24, 2.45) is 0 Å². The molecule has 0 N–H and O–H groups in total. The van der Waals surface area contributed by atoms with Crippen LogP contribution in [-0.2, 0) is 6.42 Å². The van der Waals surface area contributed by atoms with Gasteiger partial charge in [-0.05, 0) is 92.4 Å². The van der Waals surface area contributed by atoms with Crippen LogP contribution in [-0.4, -0.2) is 26.4 Å². The maximum absolute atomic E-state index is 6.53. The summed E-state index contributed by atoms with van der Waals surface area (Å²) in [5, 5.41) is 7.13. The topological polar surface area (TPSA) is 54.1 Å². The highest BCUT2D eigenvalue weighted by atomic mass is 16.5. The fourth-order valence-corrected chi connectivity index (χ4v) is 6.47. The normalized spacial score (nSPS) is 11.4. The molecule has 0 saturated heterocycles. The van der Waals surface area contributed by atoms with Crippen LogP contribution >= 0.6 is 0 Å². The summed E-state index contributed by atoms with van der Waals surface area (Å²) in [7, 11) is 1.70. The Kier molecular flexibility index (Phi) is 8.02. The second kappa shape index (κ2) is 12.6. The smallest absolute Gasteiger partial charge is 0.137 e. The van der Waals surface area contributed by atoms with Gasteiger partial charge in [0.2, 0.25) is 0 Å². The number of hydrogen-bond donors (Lipinski definition) is 0. The molecule has 0 atom stereocenters. The van der Waals surface area contributed by atoms with Gasteiger partial charge < -0.3 is 9.47 Å². The fraction of sp³-hybridized carbons (Fsp3) is 0.200. The van der Waals surface area contributed by atoms with Crippen LogP contribution in [0.25, 0.3) is 44.4 Å². The molecule has 0 bridgehead atoms. The molecule has 7 aromatic rings. The number of hydrogen-bond acceptors (Lipinski definition) is 4. The van der Waals surface area contributed by atoms with Crippen molar-refractivity contribution in [3.63, 3.8) is 0 Å².